The molecule has 128 valence electrons. The number of benzene rings is 2. The van der Waals surface area contributed by atoms with Crippen molar-refractivity contribution in [2.45, 2.75) is 20.1 Å². The average Bonchev–Trinajstić information content (AvgIpc) is 3.01. The number of esters is 1. The Labute approximate surface area is 149 Å². The summed E-state index contributed by atoms with van der Waals surface area (Å²) in [4.78, 5) is 22.9. The zero-order chi connectivity index (χ0) is 18.0. The molecule has 0 aliphatic carbocycles. The summed E-state index contributed by atoms with van der Waals surface area (Å²) in [6.07, 6.45) is -0.686. The van der Waals surface area contributed by atoms with Crippen molar-refractivity contribution in [3.8, 4) is 5.75 Å². The maximum atomic E-state index is 11.9. The molecule has 1 atom stereocenters. The van der Waals surface area contributed by atoms with Gasteiger partial charge in [-0.2, -0.15) is 5.01 Å². The molecule has 1 aliphatic heterocycles. The Morgan fingerprint density at radius 3 is 2.28 bits per heavy atom. The number of hydrogen-bond donors (Lipinski definition) is 0. The van der Waals surface area contributed by atoms with Gasteiger partial charge in [-0.05, 0) is 48.5 Å². The van der Waals surface area contributed by atoms with Crippen LogP contribution in [-0.4, -0.2) is 22.8 Å². The zero-order valence-corrected chi connectivity index (χ0v) is 14.4. The Hall–Kier alpha value is -2.86. The second kappa shape index (κ2) is 6.94. The van der Waals surface area contributed by atoms with E-state index >= 15 is 0 Å². The number of rotatable bonds is 3. The van der Waals surface area contributed by atoms with Crippen LogP contribution < -0.4 is 4.74 Å². The van der Waals surface area contributed by atoms with E-state index in [1.54, 1.807) is 48.5 Å². The summed E-state index contributed by atoms with van der Waals surface area (Å²) in [6, 6.07) is 13.7. The van der Waals surface area contributed by atoms with E-state index in [9.17, 15) is 9.59 Å². The van der Waals surface area contributed by atoms with Gasteiger partial charge in [0.05, 0.1) is 0 Å². The van der Waals surface area contributed by atoms with Crippen LogP contribution in [0.15, 0.2) is 53.6 Å². The van der Waals surface area contributed by atoms with E-state index in [-0.39, 0.29) is 5.91 Å². The molecule has 25 heavy (non-hydrogen) atoms. The van der Waals surface area contributed by atoms with Crippen LogP contribution in [0.25, 0.3) is 0 Å². The van der Waals surface area contributed by atoms with E-state index in [1.807, 2.05) is 0 Å². The molecule has 2 aromatic rings. The van der Waals surface area contributed by atoms with E-state index in [2.05, 4.69) is 5.10 Å². The number of hydrogen-bond acceptors (Lipinski definition) is 5. The number of halogens is 1. The van der Waals surface area contributed by atoms with E-state index in [0.29, 0.717) is 22.2 Å². The number of carbonyl (C=O) groups is 2. The molecule has 3 rings (SSSR count). The molecule has 1 unspecified atom stereocenters. The van der Waals surface area contributed by atoms with Crippen molar-refractivity contribution in [2.75, 3.05) is 0 Å². The minimum absolute atomic E-state index is 0.252. The van der Waals surface area contributed by atoms with Gasteiger partial charge in [-0.3, -0.25) is 9.59 Å². The molecular formula is C18H15ClN2O4. The average molecular weight is 359 g/mol. The topological polar surface area (TPSA) is 68.2 Å². The number of nitrogens with zero attached hydrogens (tertiary/aromatic N) is 2. The van der Waals surface area contributed by atoms with Crippen LogP contribution in [0.2, 0.25) is 5.02 Å². The molecule has 0 bridgehead atoms. The first-order valence-electron chi connectivity index (χ1n) is 7.53. The standard InChI is InChI=1S/C18H15ClN2O4/c1-11(22)21-18(14-5-9-16(10-6-14)24-12(2)23)25-17(20-21)13-3-7-15(19)8-4-13/h3-10,18H,1-2H3. The highest BCUT2D eigenvalue weighted by molar-refractivity contribution is 6.30. The summed E-state index contributed by atoms with van der Waals surface area (Å²) in [5.41, 5.74) is 1.42. The SMILES string of the molecule is CC(=O)Oc1ccc(C2OC(c3ccc(Cl)cc3)=NN2C(C)=O)cc1. The Bertz CT molecular complexity index is 831. The van der Waals surface area contributed by atoms with Crippen molar-refractivity contribution in [3.63, 3.8) is 0 Å². The molecule has 6 nitrogen and oxygen atoms in total. The first kappa shape index (κ1) is 17.0. The molecule has 0 aromatic heterocycles. The summed E-state index contributed by atoms with van der Waals surface area (Å²) in [7, 11) is 0. The van der Waals surface area contributed by atoms with E-state index in [1.165, 1.54) is 18.9 Å². The van der Waals surface area contributed by atoms with Gasteiger partial charge in [0, 0.05) is 30.0 Å². The molecule has 0 spiro atoms. The monoisotopic (exact) mass is 358 g/mol. The van der Waals surface area contributed by atoms with Crippen LogP contribution >= 0.6 is 11.6 Å². The molecular weight excluding hydrogens is 344 g/mol. The van der Waals surface area contributed by atoms with Crippen LogP contribution in [0.5, 0.6) is 5.75 Å². The third-order valence-electron chi connectivity index (χ3n) is 3.48. The first-order valence-corrected chi connectivity index (χ1v) is 7.91. The van der Waals surface area contributed by atoms with Gasteiger partial charge < -0.3 is 9.47 Å². The summed E-state index contributed by atoms with van der Waals surface area (Å²) < 4.78 is 10.9. The van der Waals surface area contributed by atoms with E-state index < -0.39 is 12.2 Å². The second-order valence-corrected chi connectivity index (χ2v) is 5.84. The molecule has 2 aromatic carbocycles. The van der Waals surface area contributed by atoms with E-state index in [0.717, 1.165) is 5.56 Å². The highest BCUT2D eigenvalue weighted by atomic mass is 35.5. The summed E-state index contributed by atoms with van der Waals surface area (Å²) in [5.74, 6) is 0.102. The summed E-state index contributed by atoms with van der Waals surface area (Å²) in [6.45, 7) is 2.75. The predicted octanol–water partition coefficient (Wildman–Crippen LogP) is 3.50. The third-order valence-corrected chi connectivity index (χ3v) is 3.74. The van der Waals surface area contributed by atoms with Crippen molar-refractivity contribution in [3.05, 3.63) is 64.7 Å². The van der Waals surface area contributed by atoms with Gasteiger partial charge >= 0.3 is 5.97 Å². The molecule has 1 heterocycles. The van der Waals surface area contributed by atoms with E-state index in [4.69, 9.17) is 21.1 Å². The van der Waals surface area contributed by atoms with Gasteiger partial charge in [0.1, 0.15) is 5.75 Å². The molecule has 1 amide bonds. The van der Waals surface area contributed by atoms with Crippen LogP contribution in [0.4, 0.5) is 0 Å². The normalized spacial score (nSPS) is 16.2. The lowest BCUT2D eigenvalue weighted by Gasteiger charge is -2.19. The summed E-state index contributed by atoms with van der Waals surface area (Å²) in [5, 5.41) is 6.13. The van der Waals surface area contributed by atoms with Crippen LogP contribution in [0, 0.1) is 0 Å². The molecule has 7 heteroatoms. The maximum Gasteiger partial charge on any atom is 0.308 e. The maximum absolute atomic E-state index is 11.9. The zero-order valence-electron chi connectivity index (χ0n) is 13.6. The lowest BCUT2D eigenvalue weighted by Crippen LogP contribution is -2.25. The van der Waals surface area contributed by atoms with Crippen molar-refractivity contribution in [2.24, 2.45) is 5.10 Å². The minimum atomic E-state index is -0.686. The van der Waals surface area contributed by atoms with Gasteiger partial charge in [0.2, 0.25) is 18.0 Å². The van der Waals surface area contributed by atoms with Crippen molar-refractivity contribution < 1.29 is 19.1 Å². The van der Waals surface area contributed by atoms with Crippen molar-refractivity contribution >= 4 is 29.4 Å². The minimum Gasteiger partial charge on any atom is -0.446 e. The number of amides is 1. The molecule has 0 saturated heterocycles. The van der Waals surface area contributed by atoms with Gasteiger partial charge in [0.15, 0.2) is 0 Å². The highest BCUT2D eigenvalue weighted by Gasteiger charge is 2.33. The Morgan fingerprint density at radius 1 is 1.08 bits per heavy atom. The van der Waals surface area contributed by atoms with Gasteiger partial charge in [-0.25, -0.2) is 0 Å². The lowest BCUT2D eigenvalue weighted by atomic mass is 10.2. The lowest BCUT2D eigenvalue weighted by molar-refractivity contribution is -0.135. The largest absolute Gasteiger partial charge is 0.446 e. The Balaban J connectivity index is 1.85. The van der Waals surface area contributed by atoms with Crippen LogP contribution in [-0.2, 0) is 14.3 Å². The fraction of sp³-hybridized carbons (Fsp3) is 0.167. The smallest absolute Gasteiger partial charge is 0.308 e. The summed E-state index contributed by atoms with van der Waals surface area (Å²) >= 11 is 5.89. The fourth-order valence-corrected chi connectivity index (χ4v) is 2.48. The molecule has 1 aliphatic rings. The molecule has 0 radical (unpaired) electrons. The quantitative estimate of drug-likeness (QED) is 0.622. The molecule has 0 fully saturated rings. The van der Waals surface area contributed by atoms with Crippen molar-refractivity contribution in [1.29, 1.82) is 0 Å². The Morgan fingerprint density at radius 2 is 1.72 bits per heavy atom. The van der Waals surface area contributed by atoms with Crippen LogP contribution in [0.1, 0.15) is 31.2 Å². The van der Waals surface area contributed by atoms with Gasteiger partial charge in [-0.15, -0.1) is 5.10 Å². The van der Waals surface area contributed by atoms with Crippen LogP contribution in [0.3, 0.4) is 0 Å². The number of hydrazone groups is 1. The van der Waals surface area contributed by atoms with Crippen molar-refractivity contribution in [1.82, 2.24) is 5.01 Å². The first-order chi connectivity index (χ1) is 11.9. The fourth-order valence-electron chi connectivity index (χ4n) is 2.36. The Kier molecular flexibility index (Phi) is 4.72. The highest BCUT2D eigenvalue weighted by Crippen LogP contribution is 2.31. The number of ether oxygens (including phenoxy) is 2. The second-order valence-electron chi connectivity index (χ2n) is 5.41. The third kappa shape index (κ3) is 3.80. The van der Waals surface area contributed by atoms with Gasteiger partial charge in [0.25, 0.3) is 0 Å². The van der Waals surface area contributed by atoms with Gasteiger partial charge in [-0.1, -0.05) is 11.6 Å². The molecule has 0 N–H and O–H groups in total. The number of carbonyl (C=O) groups excluding carboxylic acids is 2. The molecule has 0 saturated carbocycles. The predicted molar refractivity (Wildman–Crippen MR) is 92.1 cm³/mol.